The highest BCUT2D eigenvalue weighted by molar-refractivity contribution is 5.89. The Kier molecular flexibility index (Phi) is 5.07. The first kappa shape index (κ1) is 16.7. The van der Waals surface area contributed by atoms with E-state index < -0.39 is 41.0 Å². The molecule has 1 aromatic rings. The molecule has 0 aliphatic rings. The van der Waals surface area contributed by atoms with E-state index in [-0.39, 0.29) is 0 Å². The van der Waals surface area contributed by atoms with Crippen molar-refractivity contribution in [2.75, 3.05) is 7.11 Å². The molecule has 0 amide bonds. The fraction of sp³-hybridized carbons (Fsp3) is 0.308. The van der Waals surface area contributed by atoms with Crippen molar-refractivity contribution in [3.05, 3.63) is 41.7 Å². The van der Waals surface area contributed by atoms with Gasteiger partial charge in [0, 0.05) is 13.1 Å². The molecule has 1 unspecified atom stereocenters. The summed E-state index contributed by atoms with van der Waals surface area (Å²) in [6.45, 7) is 4.31. The molecule has 1 rings (SSSR count). The second-order valence-corrected chi connectivity index (χ2v) is 3.94. The quantitative estimate of drug-likeness (QED) is 0.631. The largest absolute Gasteiger partial charge is 0.466 e. The zero-order valence-corrected chi connectivity index (χ0v) is 11.2. The average molecular weight is 303 g/mol. The highest BCUT2D eigenvalue weighted by Gasteiger charge is 2.39. The molecule has 0 radical (unpaired) electrons. The van der Waals surface area contributed by atoms with E-state index in [0.717, 1.165) is 32.4 Å². The van der Waals surface area contributed by atoms with Crippen molar-refractivity contribution in [2.45, 2.75) is 19.2 Å². The monoisotopic (exact) mass is 303 g/mol. The Hall–Kier alpha value is -2.38. The number of carbonyl (C=O) groups is 2. The fourth-order valence-corrected chi connectivity index (χ4v) is 1.56. The average Bonchev–Trinajstić information content (AvgIpc) is 2.42. The van der Waals surface area contributed by atoms with Crippen molar-refractivity contribution in [2.24, 2.45) is 0 Å². The summed E-state index contributed by atoms with van der Waals surface area (Å²) < 4.78 is 48.0. The van der Waals surface area contributed by atoms with Gasteiger partial charge in [-0.25, -0.2) is 4.79 Å². The lowest BCUT2D eigenvalue weighted by atomic mass is 10.0. The number of carbonyl (C=O) groups excluding carboxylic acids is 2. The third-order valence-electron chi connectivity index (χ3n) is 2.44. The molecule has 114 valence electrons. The molecule has 1 atom stereocenters. The van der Waals surface area contributed by atoms with Crippen molar-refractivity contribution in [1.29, 1.82) is 0 Å². The molecule has 0 aliphatic carbocycles. The third-order valence-corrected chi connectivity index (χ3v) is 2.44. The van der Waals surface area contributed by atoms with Gasteiger partial charge >= 0.3 is 18.1 Å². The SMILES string of the molecule is C=C(C(=O)OC)C(OC(C)=O)c1ncccc1C(F)(F)F. The van der Waals surface area contributed by atoms with E-state index in [9.17, 15) is 22.8 Å². The molecule has 21 heavy (non-hydrogen) atoms. The summed E-state index contributed by atoms with van der Waals surface area (Å²) >= 11 is 0. The van der Waals surface area contributed by atoms with Crippen molar-refractivity contribution in [3.63, 3.8) is 0 Å². The van der Waals surface area contributed by atoms with E-state index in [0.29, 0.717) is 0 Å². The summed E-state index contributed by atoms with van der Waals surface area (Å²) in [6.07, 6.45) is -5.31. The number of halogens is 3. The number of hydrogen-bond acceptors (Lipinski definition) is 5. The molecular formula is C13H12F3NO4. The molecule has 0 N–H and O–H groups in total. The summed E-state index contributed by atoms with van der Waals surface area (Å²) in [7, 11) is 1.03. The number of methoxy groups -OCH3 is 1. The molecule has 1 heterocycles. The first-order valence-electron chi connectivity index (χ1n) is 5.65. The van der Waals surface area contributed by atoms with Crippen molar-refractivity contribution < 1.29 is 32.2 Å². The van der Waals surface area contributed by atoms with Crippen molar-refractivity contribution in [1.82, 2.24) is 4.98 Å². The maximum atomic E-state index is 13.0. The van der Waals surface area contributed by atoms with E-state index in [1.165, 1.54) is 0 Å². The second-order valence-electron chi connectivity index (χ2n) is 3.94. The number of rotatable bonds is 4. The van der Waals surface area contributed by atoms with Crippen LogP contribution in [0, 0.1) is 0 Å². The number of nitrogens with zero attached hydrogens (tertiary/aromatic N) is 1. The summed E-state index contributed by atoms with van der Waals surface area (Å²) in [6, 6.07) is 1.85. The smallest absolute Gasteiger partial charge is 0.418 e. The van der Waals surface area contributed by atoms with Gasteiger partial charge in [0.1, 0.15) is 0 Å². The highest BCUT2D eigenvalue weighted by atomic mass is 19.4. The first-order valence-corrected chi connectivity index (χ1v) is 5.65. The maximum absolute atomic E-state index is 13.0. The molecule has 0 aromatic carbocycles. The van der Waals surface area contributed by atoms with Crippen LogP contribution in [0.25, 0.3) is 0 Å². The van der Waals surface area contributed by atoms with Crippen LogP contribution in [-0.2, 0) is 25.2 Å². The van der Waals surface area contributed by atoms with Crippen LogP contribution in [0.5, 0.6) is 0 Å². The number of ether oxygens (including phenoxy) is 2. The molecule has 0 fully saturated rings. The van der Waals surface area contributed by atoms with Crippen LogP contribution in [0.2, 0.25) is 0 Å². The zero-order valence-electron chi connectivity index (χ0n) is 11.2. The van der Waals surface area contributed by atoms with Crippen LogP contribution in [0.15, 0.2) is 30.5 Å². The lowest BCUT2D eigenvalue weighted by molar-refractivity contribution is -0.151. The Labute approximate surface area is 118 Å². The van der Waals surface area contributed by atoms with Gasteiger partial charge in [0.05, 0.1) is 23.9 Å². The van der Waals surface area contributed by atoms with Crippen LogP contribution in [-0.4, -0.2) is 24.0 Å². The Balaban J connectivity index is 3.37. The Bertz CT molecular complexity index is 569. The zero-order chi connectivity index (χ0) is 16.2. The minimum atomic E-state index is -4.72. The molecular weight excluding hydrogens is 291 g/mol. The normalized spacial score (nSPS) is 12.4. The van der Waals surface area contributed by atoms with Gasteiger partial charge < -0.3 is 9.47 Å². The van der Waals surface area contributed by atoms with Gasteiger partial charge in [-0.05, 0) is 12.1 Å². The van der Waals surface area contributed by atoms with Gasteiger partial charge in [-0.3, -0.25) is 9.78 Å². The summed E-state index contributed by atoms with van der Waals surface area (Å²) in [4.78, 5) is 26.1. The van der Waals surface area contributed by atoms with Gasteiger partial charge in [0.25, 0.3) is 0 Å². The van der Waals surface area contributed by atoms with Crippen LogP contribution in [0.1, 0.15) is 24.3 Å². The lowest BCUT2D eigenvalue weighted by Gasteiger charge is -2.21. The van der Waals surface area contributed by atoms with Crippen LogP contribution in [0.4, 0.5) is 13.2 Å². The first-order chi connectivity index (χ1) is 9.68. The van der Waals surface area contributed by atoms with Crippen molar-refractivity contribution >= 4 is 11.9 Å². The van der Waals surface area contributed by atoms with Crippen LogP contribution in [0.3, 0.4) is 0 Å². The second kappa shape index (κ2) is 6.38. The summed E-state index contributed by atoms with van der Waals surface area (Å²) in [5, 5.41) is 0. The molecule has 0 spiro atoms. The van der Waals surface area contributed by atoms with E-state index in [1.54, 1.807) is 0 Å². The maximum Gasteiger partial charge on any atom is 0.418 e. The van der Waals surface area contributed by atoms with Crippen LogP contribution >= 0.6 is 0 Å². The van der Waals surface area contributed by atoms with Gasteiger partial charge in [-0.15, -0.1) is 0 Å². The summed E-state index contributed by atoms with van der Waals surface area (Å²) in [5.41, 5.74) is -2.21. The number of aromatic nitrogens is 1. The molecule has 0 saturated heterocycles. The molecule has 5 nitrogen and oxygen atoms in total. The number of hydrogen-bond donors (Lipinski definition) is 0. The van der Waals surface area contributed by atoms with Gasteiger partial charge in [0.15, 0.2) is 6.10 Å². The highest BCUT2D eigenvalue weighted by Crippen LogP contribution is 2.36. The molecule has 0 aliphatic heterocycles. The van der Waals surface area contributed by atoms with E-state index in [4.69, 9.17) is 4.74 Å². The predicted molar refractivity (Wildman–Crippen MR) is 64.9 cm³/mol. The van der Waals surface area contributed by atoms with Gasteiger partial charge in [-0.2, -0.15) is 13.2 Å². The number of pyridine rings is 1. The van der Waals surface area contributed by atoms with E-state index >= 15 is 0 Å². The Morgan fingerprint density at radius 2 is 2.00 bits per heavy atom. The van der Waals surface area contributed by atoms with Gasteiger partial charge in [0.2, 0.25) is 0 Å². The van der Waals surface area contributed by atoms with Crippen molar-refractivity contribution in [3.8, 4) is 0 Å². The summed E-state index contributed by atoms with van der Waals surface area (Å²) in [5.74, 6) is -1.89. The number of esters is 2. The number of alkyl halides is 3. The minimum absolute atomic E-state index is 0.461. The van der Waals surface area contributed by atoms with Gasteiger partial charge in [-0.1, -0.05) is 6.58 Å². The topological polar surface area (TPSA) is 65.5 Å². The molecule has 0 bridgehead atoms. The Morgan fingerprint density at radius 3 is 2.48 bits per heavy atom. The Morgan fingerprint density at radius 1 is 1.38 bits per heavy atom. The molecule has 0 saturated carbocycles. The molecule has 8 heteroatoms. The predicted octanol–water partition coefficient (Wildman–Crippen LogP) is 2.43. The third kappa shape index (κ3) is 4.04. The van der Waals surface area contributed by atoms with Crippen LogP contribution < -0.4 is 0 Å². The molecule has 1 aromatic heterocycles. The minimum Gasteiger partial charge on any atom is -0.466 e. The fourth-order valence-electron chi connectivity index (χ4n) is 1.56. The standard InChI is InChI=1S/C13H12F3NO4/c1-7(12(19)20-3)11(21-8(2)18)10-9(13(14,15)16)5-4-6-17-10/h4-6,11H,1H2,2-3H3. The van der Waals surface area contributed by atoms with E-state index in [2.05, 4.69) is 16.3 Å². The van der Waals surface area contributed by atoms with E-state index in [1.807, 2.05) is 0 Å². The lowest BCUT2D eigenvalue weighted by Crippen LogP contribution is -2.22.